The van der Waals surface area contributed by atoms with Crippen molar-refractivity contribution in [3.63, 3.8) is 0 Å². The number of aromatic nitrogens is 2. The number of amides is 1. The Bertz CT molecular complexity index is 659. The Morgan fingerprint density at radius 3 is 3.05 bits per heavy atom. The Kier molecular flexibility index (Phi) is 3.70. The second-order valence-corrected chi connectivity index (χ2v) is 5.38. The van der Waals surface area contributed by atoms with Crippen LogP contribution in [0.4, 0.5) is 5.69 Å². The molecule has 1 aliphatic rings. The van der Waals surface area contributed by atoms with E-state index in [4.69, 9.17) is 4.52 Å². The first-order valence-electron chi connectivity index (χ1n) is 7.09. The molecule has 2 N–H and O–H groups in total. The molecule has 0 saturated carbocycles. The van der Waals surface area contributed by atoms with Crippen LogP contribution in [0.1, 0.15) is 46.5 Å². The molecule has 1 saturated heterocycles. The first-order valence-corrected chi connectivity index (χ1v) is 7.09. The Balaban J connectivity index is 1.74. The largest absolute Gasteiger partial charge is 0.337 e. The van der Waals surface area contributed by atoms with E-state index in [0.29, 0.717) is 5.89 Å². The van der Waals surface area contributed by atoms with Crippen molar-refractivity contribution in [1.29, 1.82) is 0 Å². The van der Waals surface area contributed by atoms with Crippen LogP contribution in [-0.4, -0.2) is 22.6 Å². The monoisotopic (exact) mass is 286 g/mol. The van der Waals surface area contributed by atoms with Crippen LogP contribution in [0.5, 0.6) is 0 Å². The number of nitrogens with one attached hydrogen (secondary N) is 2. The molecular weight excluding hydrogens is 268 g/mol. The minimum absolute atomic E-state index is 0.0691. The molecule has 110 valence electrons. The summed E-state index contributed by atoms with van der Waals surface area (Å²) < 4.78 is 5.18. The molecule has 0 spiro atoms. The third kappa shape index (κ3) is 2.95. The molecule has 1 fully saturated rings. The maximum Gasteiger partial charge on any atom is 0.297 e. The Hall–Kier alpha value is -2.21. The number of aryl methyl sites for hydroxylation is 2. The van der Waals surface area contributed by atoms with Crippen LogP contribution >= 0.6 is 0 Å². The zero-order chi connectivity index (χ0) is 14.8. The topological polar surface area (TPSA) is 80.0 Å². The highest BCUT2D eigenvalue weighted by Gasteiger charge is 2.24. The number of benzene rings is 1. The highest BCUT2D eigenvalue weighted by atomic mass is 16.5. The van der Waals surface area contributed by atoms with E-state index >= 15 is 0 Å². The van der Waals surface area contributed by atoms with E-state index < -0.39 is 0 Å². The summed E-state index contributed by atoms with van der Waals surface area (Å²) >= 11 is 0. The molecule has 0 radical (unpaired) electrons. The van der Waals surface area contributed by atoms with Gasteiger partial charge in [0.05, 0.1) is 6.04 Å². The molecule has 1 atom stereocenters. The Morgan fingerprint density at radius 2 is 2.29 bits per heavy atom. The highest BCUT2D eigenvalue weighted by molar-refractivity contribution is 6.01. The predicted octanol–water partition coefficient (Wildman–Crippen LogP) is 2.36. The van der Waals surface area contributed by atoms with Gasteiger partial charge in [-0.1, -0.05) is 17.3 Å². The smallest absolute Gasteiger partial charge is 0.297 e. The summed E-state index contributed by atoms with van der Waals surface area (Å²) in [6, 6.07) is 5.96. The molecule has 1 aliphatic heterocycles. The summed E-state index contributed by atoms with van der Waals surface area (Å²) in [6.07, 6.45) is 2.04. The van der Waals surface area contributed by atoms with Crippen LogP contribution < -0.4 is 10.6 Å². The molecule has 1 amide bonds. The van der Waals surface area contributed by atoms with Gasteiger partial charge in [-0.05, 0) is 50.4 Å². The molecule has 2 aromatic rings. The van der Waals surface area contributed by atoms with Crippen molar-refractivity contribution in [3.8, 4) is 0 Å². The lowest BCUT2D eigenvalue weighted by Crippen LogP contribution is -2.16. The fourth-order valence-corrected chi connectivity index (χ4v) is 2.41. The van der Waals surface area contributed by atoms with Gasteiger partial charge in [-0.25, -0.2) is 0 Å². The normalized spacial score (nSPS) is 17.9. The lowest BCUT2D eigenvalue weighted by atomic mass is 10.1. The summed E-state index contributed by atoms with van der Waals surface area (Å²) in [5.41, 5.74) is 2.85. The second kappa shape index (κ2) is 5.65. The molecule has 1 unspecified atom stereocenters. The van der Waals surface area contributed by atoms with E-state index in [1.54, 1.807) is 0 Å². The van der Waals surface area contributed by atoms with Crippen molar-refractivity contribution in [1.82, 2.24) is 15.5 Å². The van der Waals surface area contributed by atoms with E-state index in [9.17, 15) is 4.79 Å². The summed E-state index contributed by atoms with van der Waals surface area (Å²) in [5, 5.41) is 9.86. The van der Waals surface area contributed by atoms with Crippen molar-refractivity contribution in [3.05, 3.63) is 41.0 Å². The minimum atomic E-state index is -0.350. The summed E-state index contributed by atoms with van der Waals surface area (Å²) in [5.74, 6) is 0.204. The van der Waals surface area contributed by atoms with Gasteiger partial charge >= 0.3 is 0 Å². The van der Waals surface area contributed by atoms with Gasteiger partial charge in [0.25, 0.3) is 11.7 Å². The van der Waals surface area contributed by atoms with Gasteiger partial charge in [-0.3, -0.25) is 4.79 Å². The van der Waals surface area contributed by atoms with Crippen molar-refractivity contribution in [2.75, 3.05) is 11.9 Å². The molecule has 0 aliphatic carbocycles. The predicted molar refractivity (Wildman–Crippen MR) is 78.1 cm³/mol. The highest BCUT2D eigenvalue weighted by Crippen LogP contribution is 2.22. The SMILES string of the molecule is Cc1ccc(C)c(NC(=O)c2noc(C3CCCN3)n2)c1. The summed E-state index contributed by atoms with van der Waals surface area (Å²) in [7, 11) is 0. The molecule has 21 heavy (non-hydrogen) atoms. The molecule has 1 aromatic carbocycles. The van der Waals surface area contributed by atoms with Crippen molar-refractivity contribution in [2.24, 2.45) is 0 Å². The lowest BCUT2D eigenvalue weighted by Gasteiger charge is -2.07. The van der Waals surface area contributed by atoms with Crippen LogP contribution in [0.3, 0.4) is 0 Å². The average Bonchev–Trinajstić information content (AvgIpc) is 3.12. The van der Waals surface area contributed by atoms with Crippen molar-refractivity contribution < 1.29 is 9.32 Å². The zero-order valence-corrected chi connectivity index (χ0v) is 12.1. The van der Waals surface area contributed by atoms with Gasteiger partial charge in [0.15, 0.2) is 0 Å². The number of rotatable bonds is 3. The van der Waals surface area contributed by atoms with Crippen LogP contribution in [0.25, 0.3) is 0 Å². The molecule has 3 rings (SSSR count). The quantitative estimate of drug-likeness (QED) is 0.905. The fraction of sp³-hybridized carbons (Fsp3) is 0.400. The number of hydrogen-bond donors (Lipinski definition) is 2. The van der Waals surface area contributed by atoms with Gasteiger partial charge in [0, 0.05) is 5.69 Å². The minimum Gasteiger partial charge on any atom is -0.337 e. The Labute approximate surface area is 122 Å². The van der Waals surface area contributed by atoms with Gasteiger partial charge in [0.1, 0.15) is 0 Å². The number of carbonyl (C=O) groups excluding carboxylic acids is 1. The Morgan fingerprint density at radius 1 is 1.43 bits per heavy atom. The van der Waals surface area contributed by atoms with E-state index in [1.807, 2.05) is 32.0 Å². The number of nitrogens with zero attached hydrogens (tertiary/aromatic N) is 2. The van der Waals surface area contributed by atoms with Crippen LogP contribution in [0.2, 0.25) is 0 Å². The third-order valence-electron chi connectivity index (χ3n) is 3.64. The maximum absolute atomic E-state index is 12.2. The molecule has 6 heteroatoms. The van der Waals surface area contributed by atoms with E-state index in [1.165, 1.54) is 0 Å². The van der Waals surface area contributed by atoms with E-state index in [0.717, 1.165) is 36.2 Å². The third-order valence-corrected chi connectivity index (χ3v) is 3.64. The van der Waals surface area contributed by atoms with Gasteiger partial charge in [-0.15, -0.1) is 0 Å². The second-order valence-electron chi connectivity index (χ2n) is 5.38. The summed E-state index contributed by atoms with van der Waals surface area (Å²) in [6.45, 7) is 4.86. The van der Waals surface area contributed by atoms with E-state index in [2.05, 4.69) is 20.8 Å². The number of hydrogen-bond acceptors (Lipinski definition) is 5. The fourth-order valence-electron chi connectivity index (χ4n) is 2.41. The van der Waals surface area contributed by atoms with Crippen molar-refractivity contribution in [2.45, 2.75) is 32.7 Å². The van der Waals surface area contributed by atoms with Crippen LogP contribution in [0.15, 0.2) is 22.7 Å². The molecule has 1 aromatic heterocycles. The maximum atomic E-state index is 12.2. The molecular formula is C15H18N4O2. The number of carbonyl (C=O) groups is 1. The molecule has 2 heterocycles. The van der Waals surface area contributed by atoms with Gasteiger partial charge in [0.2, 0.25) is 5.89 Å². The zero-order valence-electron chi connectivity index (χ0n) is 12.1. The van der Waals surface area contributed by atoms with Crippen molar-refractivity contribution >= 4 is 11.6 Å². The molecule has 0 bridgehead atoms. The summed E-state index contributed by atoms with van der Waals surface area (Å²) in [4.78, 5) is 16.4. The number of anilines is 1. The lowest BCUT2D eigenvalue weighted by molar-refractivity contribution is 0.101. The first-order chi connectivity index (χ1) is 10.1. The van der Waals surface area contributed by atoms with Crippen LogP contribution in [0, 0.1) is 13.8 Å². The van der Waals surface area contributed by atoms with Gasteiger partial charge in [-0.2, -0.15) is 4.98 Å². The van der Waals surface area contributed by atoms with Gasteiger partial charge < -0.3 is 15.2 Å². The molecule has 6 nitrogen and oxygen atoms in total. The van der Waals surface area contributed by atoms with E-state index in [-0.39, 0.29) is 17.8 Å². The first kappa shape index (κ1) is 13.8. The standard InChI is InChI=1S/C15H18N4O2/c1-9-5-6-10(2)12(8-9)17-14(20)13-18-15(21-19-13)11-4-3-7-16-11/h5-6,8,11,16H,3-4,7H2,1-2H3,(H,17,20). The average molecular weight is 286 g/mol. The van der Waals surface area contributed by atoms with Crippen LogP contribution in [-0.2, 0) is 0 Å².